The molecule has 5 N–H and O–H groups in total. The minimum Gasteiger partial charge on any atom is -0.508 e. The first kappa shape index (κ1) is 20.9. The van der Waals surface area contributed by atoms with Gasteiger partial charge >= 0.3 is 5.97 Å². The number of H-pyrrole nitrogens is 1. The quantitative estimate of drug-likeness (QED) is 0.387. The number of aliphatic carboxylic acids is 1. The Morgan fingerprint density at radius 2 is 1.67 bits per heavy atom. The van der Waals surface area contributed by atoms with E-state index in [2.05, 4.69) is 15.6 Å². The number of hydrogen-bond acceptors (Lipinski definition) is 4. The summed E-state index contributed by atoms with van der Waals surface area (Å²) in [7, 11) is 0. The lowest BCUT2D eigenvalue weighted by Crippen LogP contribution is -2.52. The zero-order valence-corrected chi connectivity index (χ0v) is 16.4. The van der Waals surface area contributed by atoms with Crippen LogP contribution in [0, 0.1) is 0 Å². The summed E-state index contributed by atoms with van der Waals surface area (Å²) in [6, 6.07) is 11.6. The maximum absolute atomic E-state index is 12.9. The van der Waals surface area contributed by atoms with Crippen molar-refractivity contribution in [2.45, 2.75) is 31.8 Å². The van der Waals surface area contributed by atoms with Gasteiger partial charge in [0.05, 0.1) is 0 Å². The molecule has 30 heavy (non-hydrogen) atoms. The van der Waals surface area contributed by atoms with Crippen molar-refractivity contribution in [3.05, 3.63) is 65.9 Å². The second-order valence-corrected chi connectivity index (χ2v) is 7.09. The van der Waals surface area contributed by atoms with Gasteiger partial charge in [0.2, 0.25) is 11.8 Å². The molecule has 1 heterocycles. The van der Waals surface area contributed by atoms with Gasteiger partial charge < -0.3 is 25.8 Å². The number of nitrogens with one attached hydrogen (secondary N) is 3. The summed E-state index contributed by atoms with van der Waals surface area (Å²) in [4.78, 5) is 39.3. The molecule has 0 aliphatic rings. The second kappa shape index (κ2) is 9.13. The lowest BCUT2D eigenvalue weighted by atomic mass is 10.0. The largest absolute Gasteiger partial charge is 0.508 e. The van der Waals surface area contributed by atoms with E-state index < -0.39 is 24.0 Å². The van der Waals surface area contributed by atoms with E-state index in [0.717, 1.165) is 16.5 Å². The zero-order chi connectivity index (χ0) is 21.7. The number of fused-ring (bicyclic) bond motifs is 1. The van der Waals surface area contributed by atoms with E-state index >= 15 is 0 Å². The molecule has 2 atom stereocenters. The molecule has 156 valence electrons. The van der Waals surface area contributed by atoms with Crippen LogP contribution in [0.1, 0.15) is 18.1 Å². The van der Waals surface area contributed by atoms with E-state index in [4.69, 9.17) is 0 Å². The van der Waals surface area contributed by atoms with Crippen molar-refractivity contribution < 1.29 is 24.6 Å². The predicted molar refractivity (Wildman–Crippen MR) is 111 cm³/mol. The summed E-state index contributed by atoms with van der Waals surface area (Å²) < 4.78 is 0. The Kier molecular flexibility index (Phi) is 6.36. The molecule has 1 aromatic heterocycles. The molecule has 0 saturated carbocycles. The van der Waals surface area contributed by atoms with Crippen LogP contribution in [0.2, 0.25) is 0 Å². The third-order valence-electron chi connectivity index (χ3n) is 4.78. The van der Waals surface area contributed by atoms with Gasteiger partial charge in [0.1, 0.15) is 17.8 Å². The Balaban J connectivity index is 1.76. The molecule has 0 spiro atoms. The average molecular weight is 409 g/mol. The van der Waals surface area contributed by atoms with E-state index in [1.165, 1.54) is 19.1 Å². The summed E-state index contributed by atoms with van der Waals surface area (Å²) in [6.45, 7) is 1.31. The van der Waals surface area contributed by atoms with Crippen molar-refractivity contribution in [1.82, 2.24) is 15.6 Å². The molecular formula is C22H23N3O5. The lowest BCUT2D eigenvalue weighted by Gasteiger charge is -2.21. The minimum atomic E-state index is -1.19. The van der Waals surface area contributed by atoms with E-state index in [0.29, 0.717) is 5.56 Å². The van der Waals surface area contributed by atoms with Crippen LogP contribution in [-0.4, -0.2) is 45.1 Å². The number of aromatic nitrogens is 1. The number of phenolic OH excluding ortho intramolecular Hbond substituents is 1. The van der Waals surface area contributed by atoms with Gasteiger partial charge in [-0.05, 0) is 29.3 Å². The standard InChI is InChI=1S/C22H23N3O5/c1-13(26)24-19(11-15-12-23-18-5-3-2-4-17(15)18)21(28)25-20(22(29)30)10-14-6-8-16(27)9-7-14/h2-9,12,19-20,23,27H,10-11H2,1H3,(H,24,26)(H,25,28)(H,29,30)/t19-,20-/m0/s1. The van der Waals surface area contributed by atoms with E-state index in [1.807, 2.05) is 24.3 Å². The monoisotopic (exact) mass is 409 g/mol. The Labute approximate surface area is 172 Å². The van der Waals surface area contributed by atoms with Crippen LogP contribution in [0.25, 0.3) is 10.9 Å². The fourth-order valence-corrected chi connectivity index (χ4v) is 3.32. The van der Waals surface area contributed by atoms with Crippen molar-refractivity contribution >= 4 is 28.7 Å². The van der Waals surface area contributed by atoms with Gasteiger partial charge in [-0.25, -0.2) is 4.79 Å². The fraction of sp³-hybridized carbons (Fsp3) is 0.227. The average Bonchev–Trinajstić information content (AvgIpc) is 3.11. The topological polar surface area (TPSA) is 132 Å². The minimum absolute atomic E-state index is 0.0429. The number of para-hydroxylation sites is 1. The van der Waals surface area contributed by atoms with Gasteiger partial charge in [0.25, 0.3) is 0 Å². The Bertz CT molecular complexity index is 1060. The van der Waals surface area contributed by atoms with Crippen molar-refractivity contribution in [2.24, 2.45) is 0 Å². The van der Waals surface area contributed by atoms with Gasteiger partial charge in [-0.15, -0.1) is 0 Å². The number of rotatable bonds is 8. The molecule has 8 heteroatoms. The number of hydrogen-bond donors (Lipinski definition) is 5. The highest BCUT2D eigenvalue weighted by atomic mass is 16.4. The molecule has 0 unspecified atom stereocenters. The molecule has 0 radical (unpaired) electrons. The van der Waals surface area contributed by atoms with Crippen LogP contribution in [0.4, 0.5) is 0 Å². The molecule has 0 fully saturated rings. The molecule has 2 aromatic carbocycles. The molecule has 2 amide bonds. The Morgan fingerprint density at radius 1 is 0.967 bits per heavy atom. The third-order valence-corrected chi connectivity index (χ3v) is 4.78. The number of carboxylic acid groups (broad SMARTS) is 1. The lowest BCUT2D eigenvalue weighted by molar-refractivity contribution is -0.142. The predicted octanol–water partition coefficient (Wildman–Crippen LogP) is 1.73. The van der Waals surface area contributed by atoms with E-state index in [9.17, 15) is 24.6 Å². The summed E-state index contributed by atoms with van der Waals surface area (Å²) in [5.41, 5.74) is 2.39. The Morgan fingerprint density at radius 3 is 2.33 bits per heavy atom. The summed E-state index contributed by atoms with van der Waals surface area (Å²) in [5.74, 6) is -2.09. The number of carbonyl (C=O) groups is 3. The highest BCUT2D eigenvalue weighted by Gasteiger charge is 2.27. The van der Waals surface area contributed by atoms with Crippen LogP contribution in [0.5, 0.6) is 5.75 Å². The maximum Gasteiger partial charge on any atom is 0.326 e. The molecule has 3 rings (SSSR count). The number of carbonyl (C=O) groups excluding carboxylic acids is 2. The van der Waals surface area contributed by atoms with Crippen LogP contribution < -0.4 is 10.6 Å². The molecule has 0 bridgehead atoms. The van der Waals surface area contributed by atoms with Crippen molar-refractivity contribution in [3.63, 3.8) is 0 Å². The van der Waals surface area contributed by atoms with Crippen LogP contribution in [-0.2, 0) is 27.2 Å². The van der Waals surface area contributed by atoms with Gasteiger partial charge in [-0.2, -0.15) is 0 Å². The molecule has 8 nitrogen and oxygen atoms in total. The molecule has 0 saturated heterocycles. The highest BCUT2D eigenvalue weighted by Crippen LogP contribution is 2.19. The third kappa shape index (κ3) is 5.16. The summed E-state index contributed by atoms with van der Waals surface area (Å²) in [5, 5.41) is 25.0. The first-order chi connectivity index (χ1) is 14.3. The summed E-state index contributed by atoms with van der Waals surface area (Å²) in [6.07, 6.45) is 2.03. The van der Waals surface area contributed by atoms with E-state index in [1.54, 1.807) is 18.3 Å². The fourth-order valence-electron chi connectivity index (χ4n) is 3.32. The number of phenols is 1. The van der Waals surface area contributed by atoms with Crippen LogP contribution in [0.15, 0.2) is 54.7 Å². The van der Waals surface area contributed by atoms with Crippen molar-refractivity contribution in [1.29, 1.82) is 0 Å². The highest BCUT2D eigenvalue weighted by molar-refractivity contribution is 5.91. The molecular weight excluding hydrogens is 386 g/mol. The van der Waals surface area contributed by atoms with Crippen LogP contribution >= 0.6 is 0 Å². The number of amides is 2. The summed E-state index contributed by atoms with van der Waals surface area (Å²) >= 11 is 0. The van der Waals surface area contributed by atoms with Gasteiger partial charge in [-0.1, -0.05) is 30.3 Å². The number of benzene rings is 2. The molecule has 0 aliphatic heterocycles. The van der Waals surface area contributed by atoms with E-state index in [-0.39, 0.29) is 24.5 Å². The Hall–Kier alpha value is -3.81. The second-order valence-electron chi connectivity index (χ2n) is 7.09. The van der Waals surface area contributed by atoms with Gasteiger partial charge in [-0.3, -0.25) is 9.59 Å². The van der Waals surface area contributed by atoms with Gasteiger partial charge in [0, 0.05) is 36.9 Å². The number of aromatic amines is 1. The zero-order valence-electron chi connectivity index (χ0n) is 16.4. The molecule has 3 aromatic rings. The first-order valence-corrected chi connectivity index (χ1v) is 9.46. The maximum atomic E-state index is 12.9. The SMILES string of the molecule is CC(=O)N[C@@H](Cc1c[nH]c2ccccc12)C(=O)N[C@@H](Cc1ccc(O)cc1)C(=O)O. The van der Waals surface area contributed by atoms with Crippen LogP contribution in [0.3, 0.4) is 0 Å². The van der Waals surface area contributed by atoms with Gasteiger partial charge in [0.15, 0.2) is 0 Å². The normalized spacial score (nSPS) is 12.8. The number of carboxylic acids is 1. The smallest absolute Gasteiger partial charge is 0.326 e. The van der Waals surface area contributed by atoms with Crippen molar-refractivity contribution in [3.8, 4) is 5.75 Å². The van der Waals surface area contributed by atoms with Crippen molar-refractivity contribution in [2.75, 3.05) is 0 Å². The molecule has 0 aliphatic carbocycles. The number of aromatic hydroxyl groups is 1. The first-order valence-electron chi connectivity index (χ1n) is 9.46.